The van der Waals surface area contributed by atoms with Gasteiger partial charge >= 0.3 is 0 Å². The summed E-state index contributed by atoms with van der Waals surface area (Å²) in [5.74, 6) is -0.769. The Bertz CT molecular complexity index is 1150. The van der Waals surface area contributed by atoms with Crippen molar-refractivity contribution in [2.75, 3.05) is 10.6 Å². The first-order chi connectivity index (χ1) is 13.6. The molecule has 1 aromatic heterocycles. The lowest BCUT2D eigenvalue weighted by molar-refractivity contribution is 0.0999. The Morgan fingerprint density at radius 2 is 1.43 bits per heavy atom. The minimum Gasteiger partial charge on any atom is -0.449 e. The van der Waals surface area contributed by atoms with Crippen LogP contribution in [0.15, 0.2) is 83.3 Å². The van der Waals surface area contributed by atoms with E-state index in [4.69, 9.17) is 16.0 Å². The molecule has 4 rings (SSSR count). The normalized spacial score (nSPS) is 10.6. The lowest BCUT2D eigenvalue weighted by Gasteiger charge is -2.07. The fourth-order valence-electron chi connectivity index (χ4n) is 2.83. The molecule has 1 heterocycles. The molecule has 0 radical (unpaired) electrons. The van der Waals surface area contributed by atoms with Crippen molar-refractivity contribution >= 4 is 45.8 Å². The van der Waals surface area contributed by atoms with E-state index in [1.807, 2.05) is 12.1 Å². The third kappa shape index (κ3) is 3.61. The Labute approximate surface area is 165 Å². The third-order valence-corrected chi connectivity index (χ3v) is 4.43. The number of hydrogen-bond donors (Lipinski definition) is 2. The maximum Gasteiger partial charge on any atom is 0.293 e. The zero-order valence-electron chi connectivity index (χ0n) is 14.6. The highest BCUT2D eigenvalue weighted by Crippen LogP contribution is 2.32. The minimum atomic E-state index is -0.470. The molecule has 0 atom stereocenters. The number of nitrogens with one attached hydrogen (secondary N) is 2. The van der Waals surface area contributed by atoms with Gasteiger partial charge in [-0.3, -0.25) is 9.59 Å². The van der Waals surface area contributed by atoms with Crippen LogP contribution in [0.2, 0.25) is 5.02 Å². The van der Waals surface area contributed by atoms with E-state index < -0.39 is 5.91 Å². The van der Waals surface area contributed by atoms with E-state index in [0.29, 0.717) is 32.9 Å². The van der Waals surface area contributed by atoms with Crippen molar-refractivity contribution in [3.05, 3.63) is 95.2 Å². The molecule has 2 amide bonds. The Hall–Kier alpha value is -3.57. The second-order valence-corrected chi connectivity index (χ2v) is 6.52. The molecule has 138 valence electrons. The highest BCUT2D eigenvalue weighted by atomic mass is 35.5. The monoisotopic (exact) mass is 390 g/mol. The summed E-state index contributed by atoms with van der Waals surface area (Å²) in [6, 6.07) is 22.6. The van der Waals surface area contributed by atoms with Crippen molar-refractivity contribution in [3.8, 4) is 0 Å². The fourth-order valence-corrected chi connectivity index (χ4v) is 2.95. The van der Waals surface area contributed by atoms with Crippen molar-refractivity contribution in [1.82, 2.24) is 0 Å². The molecule has 4 aromatic rings. The number of amides is 2. The van der Waals surface area contributed by atoms with Gasteiger partial charge in [0.1, 0.15) is 11.3 Å². The second-order valence-electron chi connectivity index (χ2n) is 6.08. The molecule has 0 saturated heterocycles. The Balaban J connectivity index is 1.69. The topological polar surface area (TPSA) is 71.3 Å². The molecule has 0 aliphatic carbocycles. The van der Waals surface area contributed by atoms with Gasteiger partial charge in [0.2, 0.25) is 5.76 Å². The number of halogens is 1. The summed E-state index contributed by atoms with van der Waals surface area (Å²) in [5.41, 5.74) is 1.88. The van der Waals surface area contributed by atoms with Gasteiger partial charge in [-0.25, -0.2) is 0 Å². The number of carbonyl (C=O) groups is 2. The zero-order chi connectivity index (χ0) is 19.5. The molecule has 28 heavy (non-hydrogen) atoms. The molecule has 0 spiro atoms. The molecule has 3 aromatic carbocycles. The predicted molar refractivity (Wildman–Crippen MR) is 110 cm³/mol. The lowest BCUT2D eigenvalue weighted by atomic mass is 10.1. The summed E-state index contributed by atoms with van der Waals surface area (Å²) in [4.78, 5) is 25.4. The van der Waals surface area contributed by atoms with Crippen LogP contribution in [0.1, 0.15) is 20.9 Å². The predicted octanol–water partition coefficient (Wildman–Crippen LogP) is 5.59. The van der Waals surface area contributed by atoms with Crippen LogP contribution in [0.5, 0.6) is 0 Å². The number of rotatable bonds is 4. The van der Waals surface area contributed by atoms with Crippen LogP contribution in [0.25, 0.3) is 11.0 Å². The van der Waals surface area contributed by atoms with E-state index in [-0.39, 0.29) is 11.7 Å². The van der Waals surface area contributed by atoms with Crippen LogP contribution < -0.4 is 10.6 Å². The van der Waals surface area contributed by atoms with Gasteiger partial charge in [0, 0.05) is 21.7 Å². The van der Waals surface area contributed by atoms with E-state index in [0.717, 1.165) is 0 Å². The van der Waals surface area contributed by atoms with Crippen LogP contribution in [-0.2, 0) is 0 Å². The van der Waals surface area contributed by atoms with Crippen LogP contribution in [0, 0.1) is 0 Å². The molecule has 0 saturated carbocycles. The average molecular weight is 391 g/mol. The summed E-state index contributed by atoms with van der Waals surface area (Å²) in [6.45, 7) is 0. The van der Waals surface area contributed by atoms with Crippen molar-refractivity contribution in [2.45, 2.75) is 0 Å². The molecule has 0 fully saturated rings. The third-order valence-electron chi connectivity index (χ3n) is 4.18. The molecule has 5 nitrogen and oxygen atoms in total. The second kappa shape index (κ2) is 7.58. The molecule has 0 aliphatic rings. The van der Waals surface area contributed by atoms with Gasteiger partial charge in [-0.1, -0.05) is 41.9 Å². The number of anilines is 2. The van der Waals surface area contributed by atoms with Crippen molar-refractivity contribution in [2.24, 2.45) is 0 Å². The van der Waals surface area contributed by atoms with E-state index in [2.05, 4.69) is 10.6 Å². The Kier molecular flexibility index (Phi) is 4.83. The first-order valence-electron chi connectivity index (χ1n) is 8.56. The fraction of sp³-hybridized carbons (Fsp3) is 0. The van der Waals surface area contributed by atoms with Gasteiger partial charge < -0.3 is 15.1 Å². The SMILES string of the molecule is O=C(Nc1c(C(=O)Nc2ccc(Cl)cc2)oc2ccccc12)c1ccccc1. The number of carbonyl (C=O) groups excluding carboxylic acids is 2. The van der Waals surface area contributed by atoms with Crippen molar-refractivity contribution in [3.63, 3.8) is 0 Å². The molecular weight excluding hydrogens is 376 g/mol. The van der Waals surface area contributed by atoms with E-state index in [1.54, 1.807) is 66.7 Å². The molecule has 2 N–H and O–H groups in total. The summed E-state index contributed by atoms with van der Waals surface area (Å²) in [5, 5.41) is 6.78. The minimum absolute atomic E-state index is 0.0282. The maximum absolute atomic E-state index is 12.8. The van der Waals surface area contributed by atoms with E-state index in [1.165, 1.54) is 0 Å². The summed E-state index contributed by atoms with van der Waals surface area (Å²) in [7, 11) is 0. The standard InChI is InChI=1S/C22H15ClN2O3/c23-15-10-12-16(13-11-15)24-22(27)20-19(17-8-4-5-9-18(17)28-20)25-21(26)14-6-2-1-3-7-14/h1-13H,(H,24,27)(H,25,26). The number of para-hydroxylation sites is 1. The lowest BCUT2D eigenvalue weighted by Crippen LogP contribution is -2.17. The number of hydrogen-bond acceptors (Lipinski definition) is 3. The highest BCUT2D eigenvalue weighted by Gasteiger charge is 2.22. The molecular formula is C22H15ClN2O3. The van der Waals surface area contributed by atoms with Crippen LogP contribution >= 0.6 is 11.6 Å². The van der Waals surface area contributed by atoms with E-state index in [9.17, 15) is 9.59 Å². The van der Waals surface area contributed by atoms with Gasteiger partial charge in [-0.15, -0.1) is 0 Å². The average Bonchev–Trinajstić information content (AvgIpc) is 3.09. The first-order valence-corrected chi connectivity index (χ1v) is 8.94. The maximum atomic E-state index is 12.8. The van der Waals surface area contributed by atoms with Gasteiger partial charge in [-0.2, -0.15) is 0 Å². The molecule has 0 aliphatic heterocycles. The summed E-state index contributed by atoms with van der Waals surface area (Å²) in [6.07, 6.45) is 0. The van der Waals surface area contributed by atoms with Gasteiger partial charge in [-0.05, 0) is 48.5 Å². The van der Waals surface area contributed by atoms with Crippen LogP contribution in [0.4, 0.5) is 11.4 Å². The van der Waals surface area contributed by atoms with E-state index >= 15 is 0 Å². The largest absolute Gasteiger partial charge is 0.449 e. The zero-order valence-corrected chi connectivity index (χ0v) is 15.4. The van der Waals surface area contributed by atoms with Gasteiger partial charge in [0.25, 0.3) is 11.8 Å². The van der Waals surface area contributed by atoms with Crippen LogP contribution in [0.3, 0.4) is 0 Å². The molecule has 6 heteroatoms. The van der Waals surface area contributed by atoms with Gasteiger partial charge in [0.15, 0.2) is 0 Å². The molecule has 0 bridgehead atoms. The summed E-state index contributed by atoms with van der Waals surface area (Å²) < 4.78 is 5.74. The number of benzene rings is 3. The molecule has 0 unspecified atom stereocenters. The smallest absolute Gasteiger partial charge is 0.293 e. The Morgan fingerprint density at radius 3 is 2.18 bits per heavy atom. The number of furan rings is 1. The van der Waals surface area contributed by atoms with Crippen molar-refractivity contribution in [1.29, 1.82) is 0 Å². The van der Waals surface area contributed by atoms with Crippen molar-refractivity contribution < 1.29 is 14.0 Å². The summed E-state index contributed by atoms with van der Waals surface area (Å²) >= 11 is 5.88. The number of fused-ring (bicyclic) bond motifs is 1. The van der Waals surface area contributed by atoms with Gasteiger partial charge in [0.05, 0.1) is 0 Å². The Morgan fingerprint density at radius 1 is 0.750 bits per heavy atom. The quantitative estimate of drug-likeness (QED) is 0.477. The van der Waals surface area contributed by atoms with Crippen LogP contribution in [-0.4, -0.2) is 11.8 Å². The highest BCUT2D eigenvalue weighted by molar-refractivity contribution is 6.30. The first kappa shape index (κ1) is 17.8.